The first-order chi connectivity index (χ1) is 23.8. The summed E-state index contributed by atoms with van der Waals surface area (Å²) >= 11 is 1.17. The molecular formula is C34H31N7O6S2. The highest BCUT2D eigenvalue weighted by atomic mass is 32.2. The van der Waals surface area contributed by atoms with Gasteiger partial charge in [-0.15, -0.1) is 0 Å². The summed E-state index contributed by atoms with van der Waals surface area (Å²) in [4.78, 5) is 23.9. The fourth-order valence-corrected chi connectivity index (χ4v) is 7.27. The van der Waals surface area contributed by atoms with Crippen molar-refractivity contribution in [3.05, 3.63) is 101 Å². The predicted octanol–water partition coefficient (Wildman–Crippen LogP) is 4.81. The van der Waals surface area contributed by atoms with Crippen LogP contribution in [0, 0.1) is 16.5 Å². The molecule has 0 atom stereocenters. The molecule has 0 radical (unpaired) electrons. The first kappa shape index (κ1) is 33.4. The van der Waals surface area contributed by atoms with Crippen molar-refractivity contribution in [3.63, 3.8) is 0 Å². The average Bonchev–Trinajstić information content (AvgIpc) is 3.51. The Hall–Kier alpha value is -5.46. The lowest BCUT2D eigenvalue weighted by molar-refractivity contribution is -0.832. The first-order valence-electron chi connectivity index (χ1n) is 15.5. The molecule has 1 fully saturated rings. The number of ether oxygens (including phenoxy) is 1. The molecule has 49 heavy (non-hydrogen) atoms. The van der Waals surface area contributed by atoms with E-state index in [-0.39, 0.29) is 27.0 Å². The molecule has 3 aromatic carbocycles. The number of carbonyl (C=O) groups excluding carboxylic acids is 1. The molecule has 13 nitrogen and oxygen atoms in total. The maximum Gasteiger partial charge on any atom is 0.415 e. The number of anilines is 2. The normalized spacial score (nSPS) is 13.5. The van der Waals surface area contributed by atoms with E-state index in [0.717, 1.165) is 12.0 Å². The zero-order chi connectivity index (χ0) is 34.4. The van der Waals surface area contributed by atoms with Crippen LogP contribution in [0.25, 0.3) is 11.3 Å². The van der Waals surface area contributed by atoms with Gasteiger partial charge in [0, 0.05) is 37.2 Å². The van der Waals surface area contributed by atoms with E-state index >= 15 is 0 Å². The van der Waals surface area contributed by atoms with Crippen molar-refractivity contribution in [2.24, 2.45) is 0 Å². The number of amides is 1. The molecule has 6 rings (SSSR count). The molecule has 3 heterocycles. The van der Waals surface area contributed by atoms with Crippen molar-refractivity contribution >= 4 is 39.0 Å². The molecule has 15 heteroatoms. The number of benzene rings is 3. The standard InChI is InChI=1S/C34H31N7O6S2/c1-2-23-13-15-25(16-14-23)36-29(42)22-48-34-37-30(24-9-5-3-6-10-24)28(21-35)31(38-34)40-19-17-26(18-20-40)46-32-33(41(43)47-39-32)49(44,45)27-11-7-4-8-12-27/h3-16,26H,2,17-20,22H2,1H3,(H,36,42). The highest BCUT2D eigenvalue weighted by molar-refractivity contribution is 7.99. The van der Waals surface area contributed by atoms with Gasteiger partial charge in [0.2, 0.25) is 5.91 Å². The molecule has 5 aromatic rings. The van der Waals surface area contributed by atoms with Gasteiger partial charge in [0.05, 0.1) is 21.5 Å². The monoisotopic (exact) mass is 697 g/mol. The maximum atomic E-state index is 13.2. The zero-order valence-corrected chi connectivity index (χ0v) is 28.0. The van der Waals surface area contributed by atoms with Gasteiger partial charge in [-0.2, -0.15) is 5.26 Å². The topological polar surface area (TPSA) is 178 Å². The van der Waals surface area contributed by atoms with Crippen LogP contribution in [0.15, 0.2) is 105 Å². The number of carbonyl (C=O) groups is 1. The van der Waals surface area contributed by atoms with Gasteiger partial charge in [0.1, 0.15) is 17.7 Å². The van der Waals surface area contributed by atoms with Crippen LogP contribution >= 0.6 is 11.8 Å². The average molecular weight is 698 g/mol. The fourth-order valence-electron chi connectivity index (χ4n) is 5.35. The molecule has 0 aliphatic carbocycles. The van der Waals surface area contributed by atoms with E-state index in [9.17, 15) is 23.7 Å². The fraction of sp³-hybridized carbons (Fsp3) is 0.235. The Labute approximate surface area is 287 Å². The number of nitrogens with one attached hydrogen (secondary N) is 1. The Morgan fingerprint density at radius 2 is 1.73 bits per heavy atom. The van der Waals surface area contributed by atoms with Gasteiger partial charge in [-0.05, 0) is 41.2 Å². The summed E-state index contributed by atoms with van der Waals surface area (Å²) < 4.78 is 36.9. The van der Waals surface area contributed by atoms with Crippen LogP contribution in [0.5, 0.6) is 5.88 Å². The van der Waals surface area contributed by atoms with Crippen molar-refractivity contribution < 1.29 is 27.5 Å². The molecule has 1 amide bonds. The summed E-state index contributed by atoms with van der Waals surface area (Å²) in [5.41, 5.74) is 3.33. The van der Waals surface area contributed by atoms with Gasteiger partial charge >= 0.3 is 10.9 Å². The second kappa shape index (κ2) is 14.8. The quantitative estimate of drug-likeness (QED) is 0.113. The number of thioether (sulfide) groups is 1. The predicted molar refractivity (Wildman–Crippen MR) is 181 cm³/mol. The molecule has 1 N–H and O–H groups in total. The minimum absolute atomic E-state index is 0.0522. The van der Waals surface area contributed by atoms with E-state index in [1.54, 1.807) is 18.2 Å². The summed E-state index contributed by atoms with van der Waals surface area (Å²) in [6.45, 7) is 2.84. The van der Waals surface area contributed by atoms with Gasteiger partial charge in [-0.25, -0.2) is 18.4 Å². The molecule has 0 unspecified atom stereocenters. The lowest BCUT2D eigenvalue weighted by atomic mass is 10.0. The third kappa shape index (κ3) is 7.50. The number of nitrogens with zero attached hydrogens (tertiary/aromatic N) is 6. The first-order valence-corrected chi connectivity index (χ1v) is 17.9. The van der Waals surface area contributed by atoms with Crippen LogP contribution in [-0.2, 0) is 21.1 Å². The lowest BCUT2D eigenvalue weighted by Crippen LogP contribution is -2.39. The summed E-state index contributed by atoms with van der Waals surface area (Å²) in [6.07, 6.45) is 1.19. The smallest absolute Gasteiger partial charge is 0.415 e. The Kier molecular flexibility index (Phi) is 10.1. The highest BCUT2D eigenvalue weighted by Gasteiger charge is 2.38. The largest absolute Gasteiger partial charge is 0.451 e. The van der Waals surface area contributed by atoms with Crippen LogP contribution in [0.4, 0.5) is 11.5 Å². The molecular weight excluding hydrogens is 667 g/mol. The number of aryl methyl sites for hydroxylation is 1. The second-order valence-corrected chi connectivity index (χ2v) is 13.9. The van der Waals surface area contributed by atoms with Crippen molar-refractivity contribution in [1.82, 2.24) is 15.1 Å². The van der Waals surface area contributed by atoms with Crippen molar-refractivity contribution in [3.8, 4) is 23.2 Å². The number of hydrogen-bond acceptors (Lipinski definition) is 12. The Bertz CT molecular complexity index is 2080. The van der Waals surface area contributed by atoms with Crippen LogP contribution in [0.3, 0.4) is 0 Å². The van der Waals surface area contributed by atoms with Gasteiger partial charge in [-0.3, -0.25) is 9.42 Å². The zero-order valence-electron chi connectivity index (χ0n) is 26.4. The molecule has 250 valence electrons. The highest BCUT2D eigenvalue weighted by Crippen LogP contribution is 2.33. The molecule has 0 spiro atoms. The van der Waals surface area contributed by atoms with Crippen LogP contribution in [-0.4, -0.2) is 54.4 Å². The van der Waals surface area contributed by atoms with Crippen molar-refractivity contribution in [1.29, 1.82) is 5.26 Å². The summed E-state index contributed by atoms with van der Waals surface area (Å²) in [5.74, 6) is -0.166. The summed E-state index contributed by atoms with van der Waals surface area (Å²) in [5, 5.41) is 28.7. The van der Waals surface area contributed by atoms with E-state index < -0.39 is 26.8 Å². The Morgan fingerprint density at radius 1 is 1.06 bits per heavy atom. The number of rotatable bonds is 11. The van der Waals surface area contributed by atoms with Crippen LogP contribution < -0.4 is 19.9 Å². The summed E-state index contributed by atoms with van der Waals surface area (Å²) in [7, 11) is -4.26. The van der Waals surface area contributed by atoms with Gasteiger partial charge in [0.25, 0.3) is 9.84 Å². The van der Waals surface area contributed by atoms with Gasteiger partial charge in [-0.1, -0.05) is 79.3 Å². The van der Waals surface area contributed by atoms with Crippen molar-refractivity contribution in [2.75, 3.05) is 29.1 Å². The van der Waals surface area contributed by atoms with E-state index in [2.05, 4.69) is 28.1 Å². The van der Waals surface area contributed by atoms with Gasteiger partial charge < -0.3 is 20.2 Å². The maximum absolute atomic E-state index is 13.2. The van der Waals surface area contributed by atoms with Crippen LogP contribution in [0.1, 0.15) is 30.9 Å². The lowest BCUT2D eigenvalue weighted by Gasteiger charge is -2.32. The number of aromatic nitrogens is 4. The van der Waals surface area contributed by atoms with E-state index in [1.165, 1.54) is 29.5 Å². The minimum Gasteiger partial charge on any atom is -0.451 e. The minimum atomic E-state index is -4.26. The Balaban J connectivity index is 1.20. The van der Waals surface area contributed by atoms with E-state index in [4.69, 9.17) is 14.7 Å². The molecule has 0 saturated carbocycles. The third-order valence-electron chi connectivity index (χ3n) is 7.88. The number of nitriles is 1. The molecule has 0 bridgehead atoms. The number of hydrogen-bond donors (Lipinski definition) is 1. The molecule has 1 aliphatic rings. The molecule has 2 aromatic heterocycles. The van der Waals surface area contributed by atoms with Crippen LogP contribution in [0.2, 0.25) is 0 Å². The Morgan fingerprint density at radius 3 is 2.39 bits per heavy atom. The van der Waals surface area contributed by atoms with Gasteiger partial charge in [0.15, 0.2) is 11.0 Å². The number of sulfone groups is 1. The SMILES string of the molecule is CCc1ccc(NC(=O)CSc2nc(-c3ccccc3)c(C#N)c(N3CCC(Oc4no[n+]([O-])c4S(=O)(=O)c4ccccc4)CC3)n2)cc1. The number of piperidine rings is 1. The van der Waals surface area contributed by atoms with E-state index in [0.29, 0.717) is 48.3 Å². The van der Waals surface area contributed by atoms with Crippen molar-refractivity contribution in [2.45, 2.75) is 47.4 Å². The second-order valence-electron chi connectivity index (χ2n) is 11.1. The van der Waals surface area contributed by atoms with E-state index in [1.807, 2.05) is 59.5 Å². The molecule has 1 saturated heterocycles. The third-order valence-corrected chi connectivity index (χ3v) is 10.5. The summed E-state index contributed by atoms with van der Waals surface area (Å²) in [6, 6.07) is 26.7. The molecule has 1 aliphatic heterocycles.